The van der Waals surface area contributed by atoms with Crippen LogP contribution in [0.1, 0.15) is 16.7 Å². The van der Waals surface area contributed by atoms with Crippen molar-refractivity contribution in [2.45, 2.75) is 13.8 Å². The van der Waals surface area contributed by atoms with Crippen LogP contribution in [0.2, 0.25) is 0 Å². The van der Waals surface area contributed by atoms with Gasteiger partial charge in [-0.25, -0.2) is 10.2 Å². The van der Waals surface area contributed by atoms with Crippen LogP contribution in [-0.4, -0.2) is 12.2 Å². The van der Waals surface area contributed by atoms with Gasteiger partial charge in [-0.1, -0.05) is 42.5 Å². The van der Waals surface area contributed by atoms with Crippen molar-refractivity contribution in [1.29, 1.82) is 0 Å². The number of urea groups is 1. The molecule has 2 N–H and O–H groups in total. The minimum Gasteiger partial charge on any atom is -0.306 e. The Kier molecular flexibility index (Phi) is 4.50. The Morgan fingerprint density at radius 3 is 2.35 bits per heavy atom. The highest BCUT2D eigenvalue weighted by Gasteiger charge is 2.01. The molecule has 2 rings (SSSR count). The van der Waals surface area contributed by atoms with Crippen molar-refractivity contribution in [3.05, 3.63) is 65.2 Å². The van der Waals surface area contributed by atoms with Gasteiger partial charge in [-0.05, 0) is 36.6 Å². The largest absolute Gasteiger partial charge is 0.339 e. The third-order valence-electron chi connectivity index (χ3n) is 2.95. The van der Waals surface area contributed by atoms with E-state index in [0.29, 0.717) is 0 Å². The Labute approximate surface area is 118 Å². The molecular formula is C16H17N3O. The van der Waals surface area contributed by atoms with Gasteiger partial charge in [0.25, 0.3) is 0 Å². The van der Waals surface area contributed by atoms with Crippen molar-refractivity contribution in [3.8, 4) is 0 Å². The molecule has 0 aliphatic rings. The van der Waals surface area contributed by atoms with Crippen molar-refractivity contribution < 1.29 is 4.79 Å². The number of carbonyl (C=O) groups is 1. The maximum absolute atomic E-state index is 11.7. The van der Waals surface area contributed by atoms with E-state index in [4.69, 9.17) is 0 Å². The number of hydrogen-bond donors (Lipinski definition) is 2. The molecule has 0 saturated carbocycles. The lowest BCUT2D eigenvalue weighted by Gasteiger charge is -2.06. The molecule has 0 aliphatic carbocycles. The molecule has 2 aromatic rings. The zero-order valence-electron chi connectivity index (χ0n) is 11.6. The predicted molar refractivity (Wildman–Crippen MR) is 82.1 cm³/mol. The number of benzene rings is 2. The van der Waals surface area contributed by atoms with Gasteiger partial charge in [0.15, 0.2) is 0 Å². The van der Waals surface area contributed by atoms with Crippen LogP contribution in [0, 0.1) is 13.8 Å². The van der Waals surface area contributed by atoms with E-state index in [1.165, 1.54) is 0 Å². The minimum atomic E-state index is -0.357. The predicted octanol–water partition coefficient (Wildman–Crippen LogP) is 3.46. The van der Waals surface area contributed by atoms with Crippen LogP contribution in [0.25, 0.3) is 0 Å². The second kappa shape index (κ2) is 6.52. The van der Waals surface area contributed by atoms with E-state index >= 15 is 0 Å². The number of nitrogens with one attached hydrogen (secondary N) is 2. The van der Waals surface area contributed by atoms with Crippen LogP contribution >= 0.6 is 0 Å². The summed E-state index contributed by atoms with van der Waals surface area (Å²) >= 11 is 0. The smallest absolute Gasteiger partial charge is 0.306 e. The molecule has 0 bridgehead atoms. The molecule has 0 saturated heterocycles. The average molecular weight is 267 g/mol. The highest BCUT2D eigenvalue weighted by molar-refractivity contribution is 5.91. The summed E-state index contributed by atoms with van der Waals surface area (Å²) in [6.07, 6.45) is 1.63. The number of para-hydroxylation sites is 1. The number of amides is 2. The maximum Gasteiger partial charge on any atom is 0.339 e. The van der Waals surface area contributed by atoms with Gasteiger partial charge in [-0.2, -0.15) is 5.10 Å². The second-order valence-electron chi connectivity index (χ2n) is 4.50. The molecule has 2 aromatic carbocycles. The van der Waals surface area contributed by atoms with Crippen LogP contribution in [0.5, 0.6) is 0 Å². The van der Waals surface area contributed by atoms with Gasteiger partial charge < -0.3 is 5.32 Å². The fourth-order valence-corrected chi connectivity index (χ4v) is 1.76. The van der Waals surface area contributed by atoms with Crippen LogP contribution in [-0.2, 0) is 0 Å². The SMILES string of the molecule is Cc1ccccc1/C=N\NC(=O)Nc1ccccc1C. The lowest BCUT2D eigenvalue weighted by Crippen LogP contribution is -2.24. The quantitative estimate of drug-likeness (QED) is 0.649. The molecule has 0 unspecified atom stereocenters. The molecule has 2 amide bonds. The van der Waals surface area contributed by atoms with Crippen LogP contribution < -0.4 is 10.7 Å². The standard InChI is InChI=1S/C16H17N3O/c1-12-7-3-5-9-14(12)11-17-19-16(20)18-15-10-6-4-8-13(15)2/h3-11H,1-2H3,(H2,18,19,20)/b17-11-. The lowest BCUT2D eigenvalue weighted by atomic mass is 10.1. The highest BCUT2D eigenvalue weighted by atomic mass is 16.2. The Hall–Kier alpha value is -2.62. The molecule has 102 valence electrons. The number of aryl methyl sites for hydroxylation is 2. The third kappa shape index (κ3) is 3.68. The average Bonchev–Trinajstić information content (AvgIpc) is 2.43. The van der Waals surface area contributed by atoms with Gasteiger partial charge in [-0.15, -0.1) is 0 Å². The fourth-order valence-electron chi connectivity index (χ4n) is 1.76. The summed E-state index contributed by atoms with van der Waals surface area (Å²) in [4.78, 5) is 11.7. The summed E-state index contributed by atoms with van der Waals surface area (Å²) < 4.78 is 0. The van der Waals surface area contributed by atoms with Gasteiger partial charge in [0, 0.05) is 5.69 Å². The van der Waals surface area contributed by atoms with Crippen LogP contribution in [0.4, 0.5) is 10.5 Å². The van der Waals surface area contributed by atoms with E-state index in [2.05, 4.69) is 15.8 Å². The number of rotatable bonds is 3. The summed E-state index contributed by atoms with van der Waals surface area (Å²) in [7, 11) is 0. The normalized spacial score (nSPS) is 10.5. The number of anilines is 1. The molecule has 0 fully saturated rings. The van der Waals surface area contributed by atoms with Crippen molar-refractivity contribution in [1.82, 2.24) is 5.43 Å². The summed E-state index contributed by atoms with van der Waals surface area (Å²) in [5.74, 6) is 0. The van der Waals surface area contributed by atoms with E-state index in [9.17, 15) is 4.79 Å². The van der Waals surface area contributed by atoms with E-state index in [1.807, 2.05) is 62.4 Å². The Balaban J connectivity index is 1.93. The third-order valence-corrected chi connectivity index (χ3v) is 2.95. The first-order valence-electron chi connectivity index (χ1n) is 6.38. The Bertz CT molecular complexity index is 635. The Morgan fingerprint density at radius 1 is 1.00 bits per heavy atom. The van der Waals surface area contributed by atoms with E-state index in [-0.39, 0.29) is 6.03 Å². The van der Waals surface area contributed by atoms with Gasteiger partial charge in [0.05, 0.1) is 6.21 Å². The van der Waals surface area contributed by atoms with Gasteiger partial charge >= 0.3 is 6.03 Å². The van der Waals surface area contributed by atoms with Crippen molar-refractivity contribution in [3.63, 3.8) is 0 Å². The van der Waals surface area contributed by atoms with Gasteiger partial charge in [0.2, 0.25) is 0 Å². The topological polar surface area (TPSA) is 53.5 Å². The molecule has 0 heterocycles. The number of hydrogen-bond acceptors (Lipinski definition) is 2. The molecule has 0 aliphatic heterocycles. The Morgan fingerprint density at radius 2 is 1.65 bits per heavy atom. The highest BCUT2D eigenvalue weighted by Crippen LogP contribution is 2.12. The van der Waals surface area contributed by atoms with Gasteiger partial charge in [0.1, 0.15) is 0 Å². The maximum atomic E-state index is 11.7. The van der Waals surface area contributed by atoms with Crippen LogP contribution in [0.3, 0.4) is 0 Å². The second-order valence-corrected chi connectivity index (χ2v) is 4.50. The minimum absolute atomic E-state index is 0.357. The molecular weight excluding hydrogens is 250 g/mol. The molecule has 4 heteroatoms. The molecule has 0 radical (unpaired) electrons. The molecule has 0 aromatic heterocycles. The zero-order chi connectivity index (χ0) is 14.4. The lowest BCUT2D eigenvalue weighted by molar-refractivity contribution is 0.252. The van der Waals surface area contributed by atoms with Crippen LogP contribution in [0.15, 0.2) is 53.6 Å². The zero-order valence-corrected chi connectivity index (χ0v) is 11.6. The van der Waals surface area contributed by atoms with E-state index in [0.717, 1.165) is 22.4 Å². The summed E-state index contributed by atoms with van der Waals surface area (Å²) in [6, 6.07) is 15.1. The van der Waals surface area contributed by atoms with Gasteiger partial charge in [-0.3, -0.25) is 0 Å². The summed E-state index contributed by atoms with van der Waals surface area (Å²) in [6.45, 7) is 3.93. The molecule has 0 spiro atoms. The molecule has 4 nitrogen and oxygen atoms in total. The molecule has 20 heavy (non-hydrogen) atoms. The van der Waals surface area contributed by atoms with E-state index in [1.54, 1.807) is 6.21 Å². The monoisotopic (exact) mass is 267 g/mol. The van der Waals surface area contributed by atoms with Crippen molar-refractivity contribution >= 4 is 17.9 Å². The number of carbonyl (C=O) groups excluding carboxylic acids is 1. The molecule has 0 atom stereocenters. The first-order valence-corrected chi connectivity index (χ1v) is 6.38. The van der Waals surface area contributed by atoms with Crippen molar-refractivity contribution in [2.24, 2.45) is 5.10 Å². The fraction of sp³-hybridized carbons (Fsp3) is 0.125. The van der Waals surface area contributed by atoms with Crippen molar-refractivity contribution in [2.75, 3.05) is 5.32 Å². The first kappa shape index (κ1) is 13.8. The number of nitrogens with zero attached hydrogens (tertiary/aromatic N) is 1. The summed E-state index contributed by atoms with van der Waals surface area (Å²) in [5, 5.41) is 6.69. The first-order chi connectivity index (χ1) is 9.66. The summed E-state index contributed by atoms with van der Waals surface area (Å²) in [5.41, 5.74) is 6.32. The number of hydrazone groups is 1. The van der Waals surface area contributed by atoms with E-state index < -0.39 is 0 Å².